The average Bonchev–Trinajstić information content (AvgIpc) is 2.94. The van der Waals surface area contributed by atoms with E-state index in [1.807, 2.05) is 0 Å². The second kappa shape index (κ2) is 3.68. The van der Waals surface area contributed by atoms with E-state index >= 15 is 0 Å². The van der Waals surface area contributed by atoms with E-state index in [0.717, 1.165) is 5.39 Å². The van der Waals surface area contributed by atoms with Gasteiger partial charge in [-0.15, -0.1) is 11.5 Å². The summed E-state index contributed by atoms with van der Waals surface area (Å²) in [4.78, 5) is 8.45. The van der Waals surface area contributed by atoms with Gasteiger partial charge in [0.15, 0.2) is 11.3 Å². The molecular formula is C10H10N8. The summed E-state index contributed by atoms with van der Waals surface area (Å²) >= 11 is 0. The van der Waals surface area contributed by atoms with Gasteiger partial charge in [-0.2, -0.15) is 19.6 Å². The Hall–Kier alpha value is -2.66. The third-order valence-electron chi connectivity index (χ3n) is 2.57. The average molecular weight is 242 g/mol. The molecule has 0 spiro atoms. The molecule has 0 aliphatic carbocycles. The molecule has 90 valence electrons. The Kier molecular flexibility index (Phi) is 2.14. The van der Waals surface area contributed by atoms with Crippen LogP contribution >= 0.6 is 0 Å². The fourth-order valence-corrected chi connectivity index (χ4v) is 1.80. The lowest BCUT2D eigenvalue weighted by atomic mass is 10.4. The van der Waals surface area contributed by atoms with E-state index in [0.29, 0.717) is 24.4 Å². The molecule has 0 aliphatic heterocycles. The molecule has 3 aromatic heterocycles. The molecule has 0 radical (unpaired) electrons. The first-order valence-electron chi connectivity index (χ1n) is 5.29. The highest BCUT2D eigenvalue weighted by molar-refractivity contribution is 5.89. The Morgan fingerprint density at radius 1 is 1.33 bits per heavy atom. The lowest BCUT2D eigenvalue weighted by molar-refractivity contribution is 0.640. The van der Waals surface area contributed by atoms with E-state index in [4.69, 9.17) is 17.9 Å². The Labute approximate surface area is 102 Å². The van der Waals surface area contributed by atoms with Gasteiger partial charge in [0.25, 0.3) is 0 Å². The number of fused-ring (bicyclic) bond motifs is 3. The molecule has 0 amide bonds. The number of nitrogens with zero attached hydrogens (tertiary/aromatic N) is 6. The van der Waals surface area contributed by atoms with Crippen LogP contribution in [0, 0.1) is 12.3 Å². The molecule has 0 saturated carbocycles. The van der Waals surface area contributed by atoms with E-state index in [-0.39, 0.29) is 11.8 Å². The molecule has 0 atom stereocenters. The van der Waals surface area contributed by atoms with E-state index in [9.17, 15) is 0 Å². The van der Waals surface area contributed by atoms with Gasteiger partial charge in [0.05, 0.1) is 18.1 Å². The topological polar surface area (TPSA) is 113 Å². The standard InChI is InChI=1S/C10H10N8/c1-2-7-14-9-6-5-13-17(4-3-11)8(6)15-10(12)18(9)16-7/h1,5H,3-4,11H2,(H2,12,15). The summed E-state index contributed by atoms with van der Waals surface area (Å²) in [7, 11) is 0. The number of rotatable bonds is 2. The largest absolute Gasteiger partial charge is 0.368 e. The lowest BCUT2D eigenvalue weighted by Crippen LogP contribution is -2.12. The zero-order valence-electron chi connectivity index (χ0n) is 9.41. The van der Waals surface area contributed by atoms with Crippen molar-refractivity contribution in [2.75, 3.05) is 12.3 Å². The molecule has 4 N–H and O–H groups in total. The molecule has 0 aliphatic rings. The number of aromatic nitrogens is 6. The molecule has 8 heteroatoms. The second-order valence-electron chi connectivity index (χ2n) is 3.68. The molecule has 18 heavy (non-hydrogen) atoms. The molecular weight excluding hydrogens is 232 g/mol. The van der Waals surface area contributed by atoms with Crippen LogP contribution in [-0.2, 0) is 6.54 Å². The first-order chi connectivity index (χ1) is 8.74. The van der Waals surface area contributed by atoms with Crippen molar-refractivity contribution < 1.29 is 0 Å². The SMILES string of the molecule is C#Cc1nc2c3cnn(CCN)c3nc(N)n2n1. The van der Waals surface area contributed by atoms with Gasteiger partial charge in [-0.25, -0.2) is 4.68 Å². The summed E-state index contributed by atoms with van der Waals surface area (Å²) in [5.41, 5.74) is 12.5. The Bertz CT molecular complexity index is 774. The third-order valence-corrected chi connectivity index (χ3v) is 2.57. The van der Waals surface area contributed by atoms with E-state index in [1.54, 1.807) is 10.9 Å². The van der Waals surface area contributed by atoms with Gasteiger partial charge in [-0.05, 0) is 5.92 Å². The minimum Gasteiger partial charge on any atom is -0.368 e. The Morgan fingerprint density at radius 2 is 2.17 bits per heavy atom. The molecule has 3 heterocycles. The number of nitrogen functional groups attached to an aromatic ring is 1. The van der Waals surface area contributed by atoms with Crippen molar-refractivity contribution in [3.63, 3.8) is 0 Å². The maximum absolute atomic E-state index is 5.82. The summed E-state index contributed by atoms with van der Waals surface area (Å²) < 4.78 is 3.09. The van der Waals surface area contributed by atoms with Crippen LogP contribution in [0.15, 0.2) is 6.20 Å². The van der Waals surface area contributed by atoms with Crippen molar-refractivity contribution in [2.24, 2.45) is 5.73 Å². The quantitative estimate of drug-likeness (QED) is 0.557. The molecule has 8 nitrogen and oxygen atoms in total. The van der Waals surface area contributed by atoms with Gasteiger partial charge in [-0.3, -0.25) is 0 Å². The van der Waals surface area contributed by atoms with Crippen LogP contribution in [0.3, 0.4) is 0 Å². The smallest absolute Gasteiger partial charge is 0.226 e. The van der Waals surface area contributed by atoms with Crippen LogP contribution in [0.2, 0.25) is 0 Å². The molecule has 0 fully saturated rings. The summed E-state index contributed by atoms with van der Waals surface area (Å²) in [5, 5.41) is 9.00. The fraction of sp³-hybridized carbons (Fsp3) is 0.200. The van der Waals surface area contributed by atoms with E-state index in [1.165, 1.54) is 4.52 Å². The van der Waals surface area contributed by atoms with Crippen LogP contribution in [-0.4, -0.2) is 35.9 Å². The maximum Gasteiger partial charge on any atom is 0.226 e. The van der Waals surface area contributed by atoms with Crippen molar-refractivity contribution in [3.05, 3.63) is 12.0 Å². The zero-order valence-corrected chi connectivity index (χ0v) is 9.41. The van der Waals surface area contributed by atoms with E-state index < -0.39 is 0 Å². The number of hydrogen-bond acceptors (Lipinski definition) is 6. The minimum absolute atomic E-state index is 0.213. The monoisotopic (exact) mass is 242 g/mol. The van der Waals surface area contributed by atoms with Gasteiger partial charge in [-0.1, -0.05) is 0 Å². The van der Waals surface area contributed by atoms with Gasteiger partial charge in [0.1, 0.15) is 0 Å². The fourth-order valence-electron chi connectivity index (χ4n) is 1.80. The minimum atomic E-state index is 0.213. The highest BCUT2D eigenvalue weighted by atomic mass is 15.4. The number of anilines is 1. The summed E-state index contributed by atoms with van der Waals surface area (Å²) in [6, 6.07) is 0. The number of nitrogens with two attached hydrogens (primary N) is 2. The second-order valence-corrected chi connectivity index (χ2v) is 3.68. The third kappa shape index (κ3) is 1.31. The molecule has 0 bridgehead atoms. The van der Waals surface area contributed by atoms with Crippen LogP contribution in [0.25, 0.3) is 16.7 Å². The predicted octanol–water partition coefficient (Wildman–Crippen LogP) is -1.00. The molecule has 0 aromatic carbocycles. The summed E-state index contributed by atoms with van der Waals surface area (Å²) in [5.74, 6) is 2.85. The van der Waals surface area contributed by atoms with Gasteiger partial charge in [0, 0.05) is 6.54 Å². The van der Waals surface area contributed by atoms with Crippen LogP contribution in [0.4, 0.5) is 5.95 Å². The molecule has 3 aromatic rings. The van der Waals surface area contributed by atoms with Crippen LogP contribution < -0.4 is 11.5 Å². The molecule has 0 saturated heterocycles. The van der Waals surface area contributed by atoms with Crippen LogP contribution in [0.5, 0.6) is 0 Å². The van der Waals surface area contributed by atoms with Crippen LogP contribution in [0.1, 0.15) is 5.82 Å². The van der Waals surface area contributed by atoms with Crippen molar-refractivity contribution in [3.8, 4) is 12.3 Å². The number of hydrogen-bond donors (Lipinski definition) is 2. The normalized spacial score (nSPS) is 11.1. The maximum atomic E-state index is 5.82. The zero-order chi connectivity index (χ0) is 12.7. The Morgan fingerprint density at radius 3 is 2.89 bits per heavy atom. The number of terminal acetylenes is 1. The predicted molar refractivity (Wildman–Crippen MR) is 65.5 cm³/mol. The van der Waals surface area contributed by atoms with E-state index in [2.05, 4.69) is 26.1 Å². The van der Waals surface area contributed by atoms with Gasteiger partial charge in [0.2, 0.25) is 11.8 Å². The summed E-state index contributed by atoms with van der Waals surface area (Å²) in [6.07, 6.45) is 6.93. The van der Waals surface area contributed by atoms with Crippen molar-refractivity contribution >= 4 is 22.6 Å². The first kappa shape index (κ1) is 10.5. The van der Waals surface area contributed by atoms with Crippen molar-refractivity contribution in [2.45, 2.75) is 6.54 Å². The summed E-state index contributed by atoms with van der Waals surface area (Å²) in [6.45, 7) is 1.02. The van der Waals surface area contributed by atoms with Crippen molar-refractivity contribution in [1.82, 2.24) is 29.4 Å². The molecule has 3 rings (SSSR count). The molecule has 0 unspecified atom stereocenters. The highest BCUT2D eigenvalue weighted by Gasteiger charge is 2.14. The van der Waals surface area contributed by atoms with Crippen molar-refractivity contribution in [1.29, 1.82) is 0 Å². The van der Waals surface area contributed by atoms with Gasteiger partial charge >= 0.3 is 0 Å². The Balaban J connectivity index is 2.40. The first-order valence-corrected chi connectivity index (χ1v) is 5.29. The highest BCUT2D eigenvalue weighted by Crippen LogP contribution is 2.18. The lowest BCUT2D eigenvalue weighted by Gasteiger charge is -2.01. The van der Waals surface area contributed by atoms with Gasteiger partial charge < -0.3 is 11.5 Å².